The second kappa shape index (κ2) is 9.64. The molecule has 1 saturated heterocycles. The van der Waals surface area contributed by atoms with E-state index in [1.807, 2.05) is 41.1 Å². The van der Waals surface area contributed by atoms with E-state index >= 15 is 0 Å². The van der Waals surface area contributed by atoms with Gasteiger partial charge in [0.05, 0.1) is 21.5 Å². The highest BCUT2D eigenvalue weighted by molar-refractivity contribution is 9.10. The van der Waals surface area contributed by atoms with E-state index in [9.17, 15) is 5.26 Å². The molecular formula is C28H27BrN6O. The van der Waals surface area contributed by atoms with Gasteiger partial charge in [0.2, 0.25) is 5.88 Å². The Balaban J connectivity index is 1.18. The van der Waals surface area contributed by atoms with Crippen molar-refractivity contribution < 1.29 is 4.74 Å². The number of aromatic nitrogens is 4. The van der Waals surface area contributed by atoms with E-state index in [0.29, 0.717) is 11.6 Å². The fourth-order valence-corrected chi connectivity index (χ4v) is 5.54. The third-order valence-corrected chi connectivity index (χ3v) is 8.19. The van der Waals surface area contributed by atoms with E-state index in [4.69, 9.17) is 4.74 Å². The highest BCUT2D eigenvalue weighted by Gasteiger charge is 2.36. The molecule has 0 unspecified atom stereocenters. The molecule has 1 aliphatic heterocycles. The van der Waals surface area contributed by atoms with Gasteiger partial charge in [-0.25, -0.2) is 9.67 Å². The van der Waals surface area contributed by atoms with Gasteiger partial charge in [-0.3, -0.25) is 4.90 Å². The van der Waals surface area contributed by atoms with E-state index in [1.54, 1.807) is 6.20 Å². The number of pyridine rings is 1. The van der Waals surface area contributed by atoms with E-state index in [1.165, 1.54) is 12.8 Å². The van der Waals surface area contributed by atoms with Gasteiger partial charge in [0, 0.05) is 37.9 Å². The smallest absolute Gasteiger partial charge is 0.223 e. The minimum absolute atomic E-state index is 0.413. The van der Waals surface area contributed by atoms with Crippen molar-refractivity contribution in [3.8, 4) is 17.7 Å². The van der Waals surface area contributed by atoms with Crippen LogP contribution < -0.4 is 4.74 Å². The Morgan fingerprint density at radius 1 is 1.06 bits per heavy atom. The number of likely N-dealkylation sites (tertiary alicyclic amines) is 1. The average molecular weight is 543 g/mol. The zero-order chi connectivity index (χ0) is 24.5. The van der Waals surface area contributed by atoms with Crippen LogP contribution in [0.3, 0.4) is 0 Å². The lowest BCUT2D eigenvalue weighted by Gasteiger charge is -2.37. The van der Waals surface area contributed by atoms with Crippen molar-refractivity contribution in [3.63, 3.8) is 0 Å². The van der Waals surface area contributed by atoms with Crippen LogP contribution in [0, 0.1) is 17.2 Å². The summed E-state index contributed by atoms with van der Waals surface area (Å²) < 4.78 is 9.09. The first-order valence-corrected chi connectivity index (χ1v) is 13.3. The van der Waals surface area contributed by atoms with Crippen LogP contribution in [-0.2, 0) is 18.5 Å². The molecule has 8 heteroatoms. The number of benzene rings is 2. The Labute approximate surface area is 218 Å². The maximum absolute atomic E-state index is 10.0. The lowest BCUT2D eigenvalue weighted by Crippen LogP contribution is -2.41. The highest BCUT2D eigenvalue weighted by atomic mass is 79.9. The fourth-order valence-electron chi connectivity index (χ4n) is 5.04. The Bertz CT molecular complexity index is 1420. The molecule has 1 aliphatic carbocycles. The highest BCUT2D eigenvalue weighted by Crippen LogP contribution is 2.38. The van der Waals surface area contributed by atoms with Gasteiger partial charge in [-0.05, 0) is 71.3 Å². The Morgan fingerprint density at radius 2 is 1.86 bits per heavy atom. The van der Waals surface area contributed by atoms with E-state index in [0.717, 1.165) is 71.6 Å². The number of halogens is 1. The molecule has 0 N–H and O–H groups in total. The normalized spacial score (nSPS) is 17.7. The number of ether oxygens (including phenoxy) is 1. The molecule has 0 amide bonds. The van der Waals surface area contributed by atoms with Crippen LogP contribution in [0.2, 0.25) is 0 Å². The van der Waals surface area contributed by atoms with Crippen molar-refractivity contribution in [1.82, 2.24) is 24.9 Å². The summed E-state index contributed by atoms with van der Waals surface area (Å²) in [5.74, 6) is 1.98. The Morgan fingerprint density at radius 3 is 2.61 bits per heavy atom. The summed E-state index contributed by atoms with van der Waals surface area (Å²) in [6, 6.07) is 20.8. The maximum Gasteiger partial charge on any atom is 0.223 e. The Kier molecular flexibility index (Phi) is 6.20. The first-order valence-electron chi connectivity index (χ1n) is 12.5. The SMILES string of the molecule is N#CC1(c2ccccc2)CCN(Cc2cccnc2Oc2ccc3c(nnn3CC3CC3)c2Br)CC1. The van der Waals surface area contributed by atoms with Crippen LogP contribution in [-0.4, -0.2) is 38.0 Å². The number of rotatable bonds is 7. The van der Waals surface area contributed by atoms with Crippen LogP contribution in [0.15, 0.2) is 65.3 Å². The van der Waals surface area contributed by atoms with Crippen molar-refractivity contribution >= 4 is 27.0 Å². The molecule has 0 spiro atoms. The molecule has 7 nitrogen and oxygen atoms in total. The van der Waals surface area contributed by atoms with Crippen molar-refractivity contribution in [2.24, 2.45) is 5.92 Å². The zero-order valence-corrected chi connectivity index (χ0v) is 21.6. The number of piperidine rings is 1. The molecule has 182 valence electrons. The molecular weight excluding hydrogens is 516 g/mol. The third-order valence-electron chi connectivity index (χ3n) is 7.42. The summed E-state index contributed by atoms with van der Waals surface area (Å²) in [6.45, 7) is 3.32. The molecule has 2 aliphatic rings. The van der Waals surface area contributed by atoms with Crippen molar-refractivity contribution in [2.45, 2.75) is 44.2 Å². The summed E-state index contributed by atoms with van der Waals surface area (Å²) in [4.78, 5) is 6.92. The second-order valence-electron chi connectivity index (χ2n) is 9.87. The minimum atomic E-state index is -0.413. The molecule has 1 saturated carbocycles. The van der Waals surface area contributed by atoms with Gasteiger partial charge in [-0.15, -0.1) is 5.10 Å². The quantitative estimate of drug-likeness (QED) is 0.291. The predicted octanol–water partition coefficient (Wildman–Crippen LogP) is 5.85. The van der Waals surface area contributed by atoms with Crippen LogP contribution in [0.25, 0.3) is 11.0 Å². The first-order chi connectivity index (χ1) is 17.6. The standard InChI is InChI=1S/C28H27BrN6O/c29-25-24(11-10-23-26(25)32-33-35(23)17-20-8-9-20)36-27-21(5-4-14-31-27)18-34-15-12-28(19-30,13-16-34)22-6-2-1-3-7-22/h1-7,10-11,14,20H,8-9,12-13,15-18H2. The van der Waals surface area contributed by atoms with Crippen LogP contribution in [0.1, 0.15) is 36.8 Å². The molecule has 3 heterocycles. The number of nitrogens with zero attached hydrogens (tertiary/aromatic N) is 6. The van der Waals surface area contributed by atoms with Gasteiger partial charge in [-0.1, -0.05) is 41.6 Å². The summed E-state index contributed by atoms with van der Waals surface area (Å²) in [7, 11) is 0. The van der Waals surface area contributed by atoms with Gasteiger partial charge < -0.3 is 4.74 Å². The molecule has 2 aromatic heterocycles. The first kappa shape index (κ1) is 23.1. The average Bonchev–Trinajstić information content (AvgIpc) is 3.65. The number of hydrogen-bond acceptors (Lipinski definition) is 6. The van der Waals surface area contributed by atoms with Gasteiger partial charge in [0.15, 0.2) is 0 Å². The number of nitriles is 1. The summed E-state index contributed by atoms with van der Waals surface area (Å²) >= 11 is 3.69. The van der Waals surface area contributed by atoms with Crippen molar-refractivity contribution in [1.29, 1.82) is 5.26 Å². The fraction of sp³-hybridized carbons (Fsp3) is 0.357. The van der Waals surface area contributed by atoms with Crippen LogP contribution in [0.5, 0.6) is 11.6 Å². The van der Waals surface area contributed by atoms with Gasteiger partial charge in [-0.2, -0.15) is 5.26 Å². The second-order valence-corrected chi connectivity index (χ2v) is 10.7. The van der Waals surface area contributed by atoms with E-state index < -0.39 is 5.41 Å². The molecule has 2 aromatic carbocycles. The summed E-state index contributed by atoms with van der Waals surface area (Å²) in [6.07, 6.45) is 5.91. The van der Waals surface area contributed by atoms with Crippen molar-refractivity contribution in [2.75, 3.05) is 13.1 Å². The minimum Gasteiger partial charge on any atom is -0.437 e. The lowest BCUT2D eigenvalue weighted by atomic mass is 9.74. The predicted molar refractivity (Wildman–Crippen MR) is 141 cm³/mol. The number of hydrogen-bond donors (Lipinski definition) is 0. The molecule has 0 bridgehead atoms. The van der Waals surface area contributed by atoms with E-state index in [-0.39, 0.29) is 0 Å². The third kappa shape index (κ3) is 4.49. The van der Waals surface area contributed by atoms with Crippen LogP contribution in [0.4, 0.5) is 0 Å². The van der Waals surface area contributed by atoms with Gasteiger partial charge in [0.25, 0.3) is 0 Å². The maximum atomic E-state index is 10.0. The lowest BCUT2D eigenvalue weighted by molar-refractivity contribution is 0.177. The van der Waals surface area contributed by atoms with Crippen molar-refractivity contribution in [3.05, 3.63) is 76.4 Å². The van der Waals surface area contributed by atoms with Gasteiger partial charge in [0.1, 0.15) is 11.3 Å². The molecule has 6 rings (SSSR count). The Hall–Kier alpha value is -3.28. The molecule has 2 fully saturated rings. The molecule has 4 aromatic rings. The summed E-state index contributed by atoms with van der Waals surface area (Å²) in [5, 5.41) is 18.8. The van der Waals surface area contributed by atoms with E-state index in [2.05, 4.69) is 60.4 Å². The topological polar surface area (TPSA) is 79.9 Å². The molecule has 36 heavy (non-hydrogen) atoms. The van der Waals surface area contributed by atoms with Gasteiger partial charge >= 0.3 is 0 Å². The number of fused-ring (bicyclic) bond motifs is 1. The molecule has 0 atom stereocenters. The monoisotopic (exact) mass is 542 g/mol. The van der Waals surface area contributed by atoms with Crippen LogP contribution >= 0.6 is 15.9 Å². The largest absolute Gasteiger partial charge is 0.437 e. The molecule has 0 radical (unpaired) electrons. The summed E-state index contributed by atoms with van der Waals surface area (Å²) in [5.41, 5.74) is 3.53. The zero-order valence-electron chi connectivity index (χ0n) is 20.0.